The average Bonchev–Trinajstić information content (AvgIpc) is 2.75. The zero-order valence-electron chi connectivity index (χ0n) is 12.4. The molecule has 7 heteroatoms. The minimum Gasteiger partial charge on any atom is -0.349 e. The van der Waals surface area contributed by atoms with E-state index in [9.17, 15) is 17.6 Å². The number of carbonyl (C=O) groups excluding carboxylic acids is 1. The van der Waals surface area contributed by atoms with Crippen LogP contribution in [0.5, 0.6) is 0 Å². The number of hydrogen-bond donors (Lipinski definition) is 1. The van der Waals surface area contributed by atoms with Crippen molar-refractivity contribution in [2.45, 2.75) is 43.5 Å². The van der Waals surface area contributed by atoms with E-state index in [1.54, 1.807) is 6.07 Å². The van der Waals surface area contributed by atoms with Gasteiger partial charge in [-0.25, -0.2) is 12.8 Å². The van der Waals surface area contributed by atoms with Crippen molar-refractivity contribution in [3.8, 4) is 0 Å². The van der Waals surface area contributed by atoms with E-state index in [2.05, 4.69) is 5.32 Å². The van der Waals surface area contributed by atoms with Crippen LogP contribution < -0.4 is 5.32 Å². The highest BCUT2D eigenvalue weighted by Gasteiger charge is 2.51. The maximum atomic E-state index is 13.2. The largest absolute Gasteiger partial charge is 0.349 e. The summed E-state index contributed by atoms with van der Waals surface area (Å²) in [6.07, 6.45) is 1.47. The van der Waals surface area contributed by atoms with Crippen LogP contribution in [0.2, 0.25) is 0 Å². The van der Waals surface area contributed by atoms with Crippen molar-refractivity contribution < 1.29 is 17.6 Å². The van der Waals surface area contributed by atoms with Gasteiger partial charge in [0, 0.05) is 19.0 Å². The Morgan fingerprint density at radius 2 is 2.23 bits per heavy atom. The fraction of sp³-hybridized carbons (Fsp3) is 0.533. The molecule has 0 aromatic heterocycles. The lowest BCUT2D eigenvalue weighted by atomic mass is 9.86. The fourth-order valence-corrected chi connectivity index (χ4v) is 5.35. The number of sulfonamides is 1. The Hall–Kier alpha value is -1.47. The number of nitrogens with zero attached hydrogens (tertiary/aromatic N) is 1. The summed E-state index contributed by atoms with van der Waals surface area (Å²) in [6, 6.07) is 5.44. The number of nitrogens with one attached hydrogen (secondary N) is 1. The Kier molecular flexibility index (Phi) is 3.72. The third kappa shape index (κ3) is 2.75. The summed E-state index contributed by atoms with van der Waals surface area (Å²) in [5.74, 6) is -0.683. The average molecular weight is 326 g/mol. The molecule has 2 aliphatic heterocycles. The van der Waals surface area contributed by atoms with Crippen LogP contribution in [0.4, 0.5) is 4.39 Å². The van der Waals surface area contributed by atoms with E-state index in [-0.39, 0.29) is 17.7 Å². The normalized spacial score (nSPS) is 29.2. The molecule has 1 aromatic rings. The molecule has 2 heterocycles. The second-order valence-corrected chi connectivity index (χ2v) is 8.19. The summed E-state index contributed by atoms with van der Waals surface area (Å²) >= 11 is 0. The molecule has 22 heavy (non-hydrogen) atoms. The van der Waals surface area contributed by atoms with E-state index in [4.69, 9.17) is 0 Å². The highest BCUT2D eigenvalue weighted by atomic mass is 32.2. The molecule has 1 N–H and O–H groups in total. The van der Waals surface area contributed by atoms with Crippen molar-refractivity contribution in [3.05, 3.63) is 35.6 Å². The van der Waals surface area contributed by atoms with Gasteiger partial charge < -0.3 is 5.32 Å². The van der Waals surface area contributed by atoms with Crippen molar-refractivity contribution in [2.24, 2.45) is 0 Å². The van der Waals surface area contributed by atoms with E-state index in [0.29, 0.717) is 31.4 Å². The van der Waals surface area contributed by atoms with Crippen molar-refractivity contribution in [1.82, 2.24) is 9.62 Å². The summed E-state index contributed by atoms with van der Waals surface area (Å²) in [4.78, 5) is 11.6. The summed E-state index contributed by atoms with van der Waals surface area (Å²) in [6.45, 7) is 2.28. The smallest absolute Gasteiger partial charge is 0.220 e. The van der Waals surface area contributed by atoms with Gasteiger partial charge in [0.2, 0.25) is 15.9 Å². The Labute approximate surface area is 129 Å². The van der Waals surface area contributed by atoms with Crippen molar-refractivity contribution in [1.29, 1.82) is 0 Å². The van der Waals surface area contributed by atoms with Crippen LogP contribution in [0.3, 0.4) is 0 Å². The summed E-state index contributed by atoms with van der Waals surface area (Å²) < 4.78 is 40.1. The standard InChI is InChI=1S/C15H19FN2O3S/c1-15-7-8-18(13(15)5-6-14(19)17-15)22(20,21)10-11-3-2-4-12(16)9-11/h2-4,9,13H,5-8,10H2,1H3,(H,17,19)/t13-,15-/m0/s1. The van der Waals surface area contributed by atoms with Gasteiger partial charge in [-0.3, -0.25) is 4.79 Å². The Morgan fingerprint density at radius 1 is 1.45 bits per heavy atom. The van der Waals surface area contributed by atoms with Gasteiger partial charge in [-0.05, 0) is 37.5 Å². The zero-order valence-corrected chi connectivity index (χ0v) is 13.2. The minimum atomic E-state index is -3.54. The molecular formula is C15H19FN2O3S. The van der Waals surface area contributed by atoms with E-state index >= 15 is 0 Å². The quantitative estimate of drug-likeness (QED) is 0.913. The number of rotatable bonds is 3. The number of carbonyl (C=O) groups is 1. The van der Waals surface area contributed by atoms with Crippen molar-refractivity contribution in [2.75, 3.05) is 6.54 Å². The van der Waals surface area contributed by atoms with Gasteiger partial charge in [0.15, 0.2) is 0 Å². The highest BCUT2D eigenvalue weighted by molar-refractivity contribution is 7.88. The van der Waals surface area contributed by atoms with E-state index in [1.807, 2.05) is 6.92 Å². The molecule has 0 radical (unpaired) electrons. The van der Waals surface area contributed by atoms with Gasteiger partial charge in [-0.2, -0.15) is 4.31 Å². The molecule has 1 amide bonds. The monoisotopic (exact) mass is 326 g/mol. The zero-order chi connectivity index (χ0) is 16.0. The topological polar surface area (TPSA) is 66.5 Å². The maximum absolute atomic E-state index is 13.2. The number of halogens is 1. The van der Waals surface area contributed by atoms with Gasteiger partial charge in [0.05, 0.1) is 11.3 Å². The predicted octanol–water partition coefficient (Wildman–Crippen LogP) is 1.40. The lowest BCUT2D eigenvalue weighted by Crippen LogP contribution is -2.59. The molecule has 2 atom stereocenters. The van der Waals surface area contributed by atoms with E-state index < -0.39 is 21.4 Å². The third-order valence-electron chi connectivity index (χ3n) is 4.60. The molecule has 2 saturated heterocycles. The fourth-order valence-electron chi connectivity index (χ4n) is 3.49. The van der Waals surface area contributed by atoms with Crippen LogP contribution in [0.25, 0.3) is 0 Å². The first-order chi connectivity index (χ1) is 10.3. The summed E-state index contributed by atoms with van der Waals surface area (Å²) in [7, 11) is -3.54. The van der Waals surface area contributed by atoms with Gasteiger partial charge in [0.25, 0.3) is 0 Å². The van der Waals surface area contributed by atoms with Crippen molar-refractivity contribution >= 4 is 15.9 Å². The van der Waals surface area contributed by atoms with Gasteiger partial charge in [0.1, 0.15) is 5.82 Å². The van der Waals surface area contributed by atoms with Gasteiger partial charge >= 0.3 is 0 Å². The summed E-state index contributed by atoms with van der Waals surface area (Å²) in [5, 5.41) is 2.92. The Morgan fingerprint density at radius 3 is 2.95 bits per heavy atom. The number of piperidine rings is 1. The van der Waals surface area contributed by atoms with Crippen molar-refractivity contribution in [3.63, 3.8) is 0 Å². The van der Waals surface area contributed by atoms with Crippen LogP contribution in [-0.4, -0.2) is 36.8 Å². The SMILES string of the molecule is C[C@]12CCN(S(=O)(=O)Cc3cccc(F)c3)[C@H]1CCC(=O)N2. The van der Waals surface area contributed by atoms with Crippen LogP contribution >= 0.6 is 0 Å². The first-order valence-electron chi connectivity index (χ1n) is 7.35. The Bertz CT molecular complexity index is 706. The molecular weight excluding hydrogens is 307 g/mol. The van der Waals surface area contributed by atoms with E-state index in [1.165, 1.54) is 22.5 Å². The van der Waals surface area contributed by atoms with Gasteiger partial charge in [-0.15, -0.1) is 0 Å². The van der Waals surface area contributed by atoms with Crippen LogP contribution in [-0.2, 0) is 20.6 Å². The molecule has 0 bridgehead atoms. The molecule has 1 aromatic carbocycles. The predicted molar refractivity (Wildman–Crippen MR) is 79.9 cm³/mol. The molecule has 0 saturated carbocycles. The number of benzene rings is 1. The molecule has 2 aliphatic rings. The minimum absolute atomic E-state index is 0.0249. The molecule has 0 aliphatic carbocycles. The molecule has 2 fully saturated rings. The van der Waals surface area contributed by atoms with E-state index in [0.717, 1.165) is 0 Å². The number of hydrogen-bond acceptors (Lipinski definition) is 3. The summed E-state index contributed by atoms with van der Waals surface area (Å²) in [5.41, 5.74) is -0.0573. The maximum Gasteiger partial charge on any atom is 0.220 e. The lowest BCUT2D eigenvalue weighted by Gasteiger charge is -2.39. The van der Waals surface area contributed by atoms with Crippen LogP contribution in [0.15, 0.2) is 24.3 Å². The number of fused-ring (bicyclic) bond motifs is 1. The third-order valence-corrected chi connectivity index (χ3v) is 6.45. The highest BCUT2D eigenvalue weighted by Crippen LogP contribution is 2.36. The lowest BCUT2D eigenvalue weighted by molar-refractivity contribution is -0.125. The second-order valence-electron chi connectivity index (χ2n) is 6.27. The molecule has 5 nitrogen and oxygen atoms in total. The van der Waals surface area contributed by atoms with Crippen LogP contribution in [0.1, 0.15) is 31.7 Å². The Balaban J connectivity index is 1.83. The second kappa shape index (κ2) is 5.31. The first-order valence-corrected chi connectivity index (χ1v) is 8.96. The molecule has 3 rings (SSSR count). The molecule has 120 valence electrons. The number of amides is 1. The molecule has 0 unspecified atom stereocenters. The van der Waals surface area contributed by atoms with Gasteiger partial charge in [-0.1, -0.05) is 12.1 Å². The molecule has 0 spiro atoms. The van der Waals surface area contributed by atoms with Crippen LogP contribution in [0, 0.1) is 5.82 Å². The first kappa shape index (κ1) is 15.4.